The van der Waals surface area contributed by atoms with E-state index in [1.54, 1.807) is 0 Å². The fourth-order valence-electron chi connectivity index (χ4n) is 1.30. The Kier molecular flexibility index (Phi) is 1.98. The number of thiocarbonyl (C=S) groups is 1. The van der Waals surface area contributed by atoms with Crippen LogP contribution in [0.15, 0.2) is 30.3 Å². The molecule has 1 aromatic carbocycles. The molecule has 13 heavy (non-hydrogen) atoms. The van der Waals surface area contributed by atoms with Crippen molar-refractivity contribution in [2.45, 2.75) is 6.04 Å². The molecule has 3 nitrogen and oxygen atoms in total. The van der Waals surface area contributed by atoms with Gasteiger partial charge in [0.25, 0.3) is 5.91 Å². The molecule has 1 heterocycles. The molecule has 0 bridgehead atoms. The Morgan fingerprint density at radius 3 is 2.46 bits per heavy atom. The lowest BCUT2D eigenvalue weighted by atomic mass is 10.1. The Hall–Kier alpha value is -1.42. The van der Waals surface area contributed by atoms with Crippen molar-refractivity contribution in [1.29, 1.82) is 0 Å². The molecular weight excluding hydrogens is 184 g/mol. The molecule has 0 spiro atoms. The zero-order chi connectivity index (χ0) is 9.26. The lowest BCUT2D eigenvalue weighted by Gasteiger charge is -2.06. The number of benzene rings is 1. The largest absolute Gasteiger partial charge is 0.347 e. The van der Waals surface area contributed by atoms with Gasteiger partial charge in [0.2, 0.25) is 0 Å². The van der Waals surface area contributed by atoms with Gasteiger partial charge in [-0.1, -0.05) is 30.3 Å². The van der Waals surface area contributed by atoms with Crippen LogP contribution in [0.25, 0.3) is 0 Å². The van der Waals surface area contributed by atoms with Crippen molar-refractivity contribution < 1.29 is 4.79 Å². The highest BCUT2D eigenvalue weighted by Crippen LogP contribution is 2.15. The van der Waals surface area contributed by atoms with Crippen LogP contribution in [0, 0.1) is 0 Å². The van der Waals surface area contributed by atoms with Crippen LogP contribution in [-0.4, -0.2) is 11.0 Å². The van der Waals surface area contributed by atoms with E-state index in [1.165, 1.54) is 0 Å². The van der Waals surface area contributed by atoms with Gasteiger partial charge in [0.1, 0.15) is 6.04 Å². The summed E-state index contributed by atoms with van der Waals surface area (Å²) in [5, 5.41) is 5.84. The second kappa shape index (κ2) is 3.14. The minimum atomic E-state index is -0.325. The molecule has 1 aliphatic rings. The summed E-state index contributed by atoms with van der Waals surface area (Å²) in [6.07, 6.45) is 0. The number of nitrogens with one attached hydrogen (secondary N) is 2. The smallest absolute Gasteiger partial charge is 0.253 e. The van der Waals surface area contributed by atoms with E-state index >= 15 is 0 Å². The molecule has 0 radical (unpaired) electrons. The van der Waals surface area contributed by atoms with Gasteiger partial charge in [-0.05, 0) is 17.8 Å². The van der Waals surface area contributed by atoms with E-state index in [0.29, 0.717) is 5.11 Å². The topological polar surface area (TPSA) is 41.1 Å². The molecule has 0 saturated carbocycles. The van der Waals surface area contributed by atoms with Gasteiger partial charge < -0.3 is 10.6 Å². The average Bonchev–Trinajstić information content (AvgIpc) is 2.47. The fraction of sp³-hybridized carbons (Fsp3) is 0.111. The Balaban J connectivity index is 2.28. The van der Waals surface area contributed by atoms with Gasteiger partial charge in [-0.15, -0.1) is 0 Å². The zero-order valence-electron chi connectivity index (χ0n) is 6.78. The molecule has 1 amide bonds. The monoisotopic (exact) mass is 192 g/mol. The number of carbonyl (C=O) groups excluding carboxylic acids is 1. The van der Waals surface area contributed by atoms with Crippen molar-refractivity contribution in [2.75, 3.05) is 0 Å². The van der Waals surface area contributed by atoms with Gasteiger partial charge in [-0.3, -0.25) is 4.79 Å². The molecule has 1 atom stereocenters. The van der Waals surface area contributed by atoms with Gasteiger partial charge >= 0.3 is 0 Å². The summed E-state index contributed by atoms with van der Waals surface area (Å²) in [7, 11) is 0. The maximum absolute atomic E-state index is 11.3. The number of amides is 1. The molecule has 2 N–H and O–H groups in total. The van der Waals surface area contributed by atoms with E-state index in [4.69, 9.17) is 12.2 Å². The van der Waals surface area contributed by atoms with Crippen molar-refractivity contribution in [3.8, 4) is 0 Å². The Labute approximate surface area is 81.1 Å². The van der Waals surface area contributed by atoms with Crippen molar-refractivity contribution >= 4 is 23.2 Å². The van der Waals surface area contributed by atoms with Crippen LogP contribution in [0.1, 0.15) is 11.6 Å². The Morgan fingerprint density at radius 1 is 1.23 bits per heavy atom. The van der Waals surface area contributed by atoms with Crippen LogP contribution in [0.4, 0.5) is 0 Å². The first-order chi connectivity index (χ1) is 6.27. The second-order valence-electron chi connectivity index (χ2n) is 2.81. The third kappa shape index (κ3) is 1.53. The standard InChI is InChI=1S/C9H8N2OS/c12-8-7(10-9(13)11-8)6-4-2-1-3-5-6/h1-5,7H,(H2,10,11,12,13)/t7-/m0/s1. The highest BCUT2D eigenvalue weighted by Gasteiger charge is 2.27. The quantitative estimate of drug-likeness (QED) is 0.645. The van der Waals surface area contributed by atoms with Gasteiger partial charge in [0.05, 0.1) is 0 Å². The third-order valence-electron chi connectivity index (χ3n) is 1.91. The predicted molar refractivity (Wildman–Crippen MR) is 53.1 cm³/mol. The molecule has 0 aliphatic carbocycles. The summed E-state index contributed by atoms with van der Waals surface area (Å²) in [4.78, 5) is 11.3. The van der Waals surface area contributed by atoms with E-state index in [9.17, 15) is 4.79 Å². The first-order valence-electron chi connectivity index (χ1n) is 3.93. The number of hydrogen-bond donors (Lipinski definition) is 2. The fourth-order valence-corrected chi connectivity index (χ4v) is 1.52. The number of rotatable bonds is 1. The minimum Gasteiger partial charge on any atom is -0.347 e. The molecular formula is C9H8N2OS. The first-order valence-corrected chi connectivity index (χ1v) is 4.34. The molecule has 0 aromatic heterocycles. The molecule has 66 valence electrons. The van der Waals surface area contributed by atoms with E-state index in [1.807, 2.05) is 30.3 Å². The van der Waals surface area contributed by atoms with Crippen LogP contribution < -0.4 is 10.6 Å². The predicted octanol–water partition coefficient (Wildman–Crippen LogP) is 0.732. The lowest BCUT2D eigenvalue weighted by molar-refractivity contribution is -0.120. The maximum Gasteiger partial charge on any atom is 0.253 e. The van der Waals surface area contributed by atoms with Gasteiger partial charge in [0.15, 0.2) is 5.11 Å². The first kappa shape index (κ1) is 8.19. The highest BCUT2D eigenvalue weighted by molar-refractivity contribution is 7.80. The highest BCUT2D eigenvalue weighted by atomic mass is 32.1. The molecule has 1 fully saturated rings. The summed E-state index contributed by atoms with van der Waals surface area (Å²) in [5.74, 6) is -0.0869. The summed E-state index contributed by atoms with van der Waals surface area (Å²) in [5.41, 5.74) is 0.930. The van der Waals surface area contributed by atoms with Gasteiger partial charge in [-0.2, -0.15) is 0 Å². The summed E-state index contributed by atoms with van der Waals surface area (Å²) >= 11 is 4.83. The van der Waals surface area contributed by atoms with Gasteiger partial charge in [-0.25, -0.2) is 0 Å². The molecule has 1 aliphatic heterocycles. The average molecular weight is 192 g/mol. The SMILES string of the molecule is O=C1NC(=S)N[C@H]1c1ccccc1. The maximum atomic E-state index is 11.3. The van der Waals surface area contributed by atoms with Crippen LogP contribution in [0.2, 0.25) is 0 Å². The van der Waals surface area contributed by atoms with Crippen LogP contribution in [0.5, 0.6) is 0 Å². The zero-order valence-corrected chi connectivity index (χ0v) is 7.60. The summed E-state index contributed by atoms with van der Waals surface area (Å²) in [6.45, 7) is 0. The molecule has 1 aromatic rings. The van der Waals surface area contributed by atoms with Crippen LogP contribution in [0.3, 0.4) is 0 Å². The molecule has 0 unspecified atom stereocenters. The van der Waals surface area contributed by atoms with Crippen LogP contribution in [-0.2, 0) is 4.79 Å². The van der Waals surface area contributed by atoms with E-state index < -0.39 is 0 Å². The van der Waals surface area contributed by atoms with Crippen molar-refractivity contribution in [1.82, 2.24) is 10.6 Å². The van der Waals surface area contributed by atoms with E-state index in [-0.39, 0.29) is 11.9 Å². The van der Waals surface area contributed by atoms with Crippen molar-refractivity contribution in [3.05, 3.63) is 35.9 Å². The van der Waals surface area contributed by atoms with E-state index in [2.05, 4.69) is 10.6 Å². The summed E-state index contributed by atoms with van der Waals surface area (Å²) in [6, 6.07) is 9.16. The van der Waals surface area contributed by atoms with Gasteiger partial charge in [0, 0.05) is 0 Å². The normalized spacial score (nSPS) is 21.1. The van der Waals surface area contributed by atoms with Crippen molar-refractivity contribution in [3.63, 3.8) is 0 Å². The van der Waals surface area contributed by atoms with E-state index in [0.717, 1.165) is 5.56 Å². The Bertz CT molecular complexity index is 350. The Morgan fingerprint density at radius 2 is 1.92 bits per heavy atom. The summed E-state index contributed by atoms with van der Waals surface area (Å²) < 4.78 is 0. The second-order valence-corrected chi connectivity index (χ2v) is 3.21. The number of carbonyl (C=O) groups is 1. The van der Waals surface area contributed by atoms with Crippen LogP contribution >= 0.6 is 12.2 Å². The minimum absolute atomic E-state index is 0.0869. The van der Waals surface area contributed by atoms with Crippen molar-refractivity contribution in [2.24, 2.45) is 0 Å². The molecule has 2 rings (SSSR count). The number of hydrogen-bond acceptors (Lipinski definition) is 2. The third-order valence-corrected chi connectivity index (χ3v) is 2.13. The lowest BCUT2D eigenvalue weighted by Crippen LogP contribution is -2.21. The molecule has 4 heteroatoms. The molecule has 1 saturated heterocycles.